The van der Waals surface area contributed by atoms with Crippen molar-refractivity contribution in [2.24, 2.45) is 11.8 Å². The molecule has 0 amide bonds. The summed E-state index contributed by atoms with van der Waals surface area (Å²) in [6.45, 7) is 9.53. The first-order chi connectivity index (χ1) is 44.4. The minimum atomic E-state index is -4.95. The summed E-state index contributed by atoms with van der Waals surface area (Å²) in [4.78, 5) is 72.7. The van der Waals surface area contributed by atoms with Crippen LogP contribution in [0.15, 0.2) is 0 Å². The number of phosphoric acid groups is 2. The summed E-state index contributed by atoms with van der Waals surface area (Å²) < 4.78 is 68.4. The smallest absolute Gasteiger partial charge is 0.462 e. The summed E-state index contributed by atoms with van der Waals surface area (Å²) in [7, 11) is -9.90. The monoisotopic (exact) mass is 1350 g/mol. The number of ether oxygens (including phenoxy) is 4. The molecule has 0 heterocycles. The topological polar surface area (TPSA) is 237 Å². The van der Waals surface area contributed by atoms with E-state index in [-0.39, 0.29) is 25.7 Å². The van der Waals surface area contributed by atoms with Crippen LogP contribution < -0.4 is 0 Å². The van der Waals surface area contributed by atoms with Crippen LogP contribution in [0.25, 0.3) is 0 Å². The Morgan fingerprint density at radius 2 is 0.500 bits per heavy atom. The summed E-state index contributed by atoms with van der Waals surface area (Å²) in [6.07, 6.45) is 51.3. The Kier molecular flexibility index (Phi) is 63.7. The maximum atomic E-state index is 13.1. The van der Waals surface area contributed by atoms with Gasteiger partial charge < -0.3 is 33.8 Å². The van der Waals surface area contributed by atoms with Gasteiger partial charge in [-0.25, -0.2) is 9.13 Å². The molecule has 0 radical (unpaired) electrons. The molecule has 0 fully saturated rings. The van der Waals surface area contributed by atoms with E-state index in [0.717, 1.165) is 102 Å². The van der Waals surface area contributed by atoms with Crippen molar-refractivity contribution in [1.29, 1.82) is 0 Å². The molecule has 0 saturated heterocycles. The lowest BCUT2D eigenvalue weighted by atomic mass is 10.0. The van der Waals surface area contributed by atoms with Gasteiger partial charge in [0, 0.05) is 25.7 Å². The molecule has 0 aromatic carbocycles. The van der Waals surface area contributed by atoms with Gasteiger partial charge in [0.05, 0.1) is 26.4 Å². The molecule has 0 saturated carbocycles. The molecule has 17 nitrogen and oxygen atoms in total. The number of esters is 4. The van der Waals surface area contributed by atoms with E-state index in [1.54, 1.807) is 0 Å². The zero-order valence-corrected chi connectivity index (χ0v) is 61.6. The highest BCUT2D eigenvalue weighted by Gasteiger charge is 2.30. The Morgan fingerprint density at radius 1 is 0.293 bits per heavy atom. The van der Waals surface area contributed by atoms with Crippen LogP contribution in [0.4, 0.5) is 0 Å². The van der Waals surface area contributed by atoms with Crippen LogP contribution in [-0.4, -0.2) is 96.7 Å². The van der Waals surface area contributed by atoms with E-state index in [1.807, 2.05) is 0 Å². The standard InChI is InChI=1S/C73H142O17P2/c1-7-9-11-13-15-17-19-21-22-23-28-31-37-43-49-55-70(75)83-61-68(89-73(78)58-52-46-39-33-29-25-24-26-30-35-41-47-53-65(3)4)63-87-91(79,80)85-59-67(74)60-86-92(81,82)88-64-69(62-84-71(76)56-50-44-40-34-36-42-48-54-66(5)6)90-72(77)57-51-45-38-32-27-20-18-16-14-12-10-8-2/h65-69,74H,7-64H2,1-6H3,(H,79,80)(H,81,82)/t67-,68-,69-/m1/s1. The van der Waals surface area contributed by atoms with Crippen LogP contribution in [-0.2, 0) is 65.4 Å². The molecule has 0 aromatic heterocycles. The zero-order chi connectivity index (χ0) is 67.9. The third-order valence-electron chi connectivity index (χ3n) is 17.0. The molecule has 546 valence electrons. The second kappa shape index (κ2) is 65.0. The number of phosphoric ester groups is 2. The van der Waals surface area contributed by atoms with Crippen molar-refractivity contribution in [3.63, 3.8) is 0 Å². The molecule has 0 aliphatic heterocycles. The summed E-state index contributed by atoms with van der Waals surface area (Å²) >= 11 is 0. The Balaban J connectivity index is 5.25. The number of hydrogen-bond donors (Lipinski definition) is 3. The number of carbonyl (C=O) groups excluding carboxylic acids is 4. The fourth-order valence-electron chi connectivity index (χ4n) is 11.1. The molecular weight excluding hydrogens is 1210 g/mol. The van der Waals surface area contributed by atoms with E-state index in [2.05, 4.69) is 41.5 Å². The lowest BCUT2D eigenvalue weighted by Crippen LogP contribution is -2.30. The zero-order valence-electron chi connectivity index (χ0n) is 59.9. The van der Waals surface area contributed by atoms with Crippen molar-refractivity contribution < 1.29 is 80.2 Å². The predicted octanol–water partition coefficient (Wildman–Crippen LogP) is 21.2. The lowest BCUT2D eigenvalue weighted by molar-refractivity contribution is -0.161. The first-order valence-corrected chi connectivity index (χ1v) is 41.0. The van der Waals surface area contributed by atoms with Crippen LogP contribution in [0.1, 0.15) is 375 Å². The third-order valence-corrected chi connectivity index (χ3v) is 18.9. The minimum Gasteiger partial charge on any atom is -0.462 e. The van der Waals surface area contributed by atoms with E-state index in [1.165, 1.54) is 186 Å². The Labute approximate surface area is 562 Å². The number of carbonyl (C=O) groups is 4. The maximum absolute atomic E-state index is 13.1. The lowest BCUT2D eigenvalue weighted by Gasteiger charge is -2.21. The Morgan fingerprint density at radius 3 is 0.739 bits per heavy atom. The van der Waals surface area contributed by atoms with E-state index < -0.39 is 97.5 Å². The van der Waals surface area contributed by atoms with E-state index in [9.17, 15) is 43.2 Å². The molecule has 0 aromatic rings. The highest BCUT2D eigenvalue weighted by Crippen LogP contribution is 2.45. The molecule has 3 N–H and O–H groups in total. The molecule has 0 rings (SSSR count). The second-order valence-corrected chi connectivity index (χ2v) is 30.2. The van der Waals surface area contributed by atoms with Crippen LogP contribution in [0, 0.1) is 11.8 Å². The van der Waals surface area contributed by atoms with Gasteiger partial charge in [-0.1, -0.05) is 324 Å². The Hall–Kier alpha value is -1.94. The quantitative estimate of drug-likeness (QED) is 0.0222. The van der Waals surface area contributed by atoms with Crippen molar-refractivity contribution in [3.8, 4) is 0 Å². The van der Waals surface area contributed by atoms with Crippen molar-refractivity contribution in [2.45, 2.75) is 394 Å². The van der Waals surface area contributed by atoms with Crippen molar-refractivity contribution in [3.05, 3.63) is 0 Å². The minimum absolute atomic E-state index is 0.107. The van der Waals surface area contributed by atoms with E-state index in [4.69, 9.17) is 37.0 Å². The summed E-state index contributed by atoms with van der Waals surface area (Å²) in [5, 5.41) is 10.6. The highest BCUT2D eigenvalue weighted by molar-refractivity contribution is 7.47. The van der Waals surface area contributed by atoms with Gasteiger partial charge in [0.1, 0.15) is 19.3 Å². The largest absolute Gasteiger partial charge is 0.472 e. The number of rotatable bonds is 72. The van der Waals surface area contributed by atoms with Crippen LogP contribution in [0.5, 0.6) is 0 Å². The number of aliphatic hydroxyl groups excluding tert-OH is 1. The molecule has 0 bridgehead atoms. The van der Waals surface area contributed by atoms with Crippen LogP contribution in [0.2, 0.25) is 0 Å². The van der Waals surface area contributed by atoms with Crippen LogP contribution in [0.3, 0.4) is 0 Å². The normalized spacial score (nSPS) is 14.1. The number of hydrogen-bond acceptors (Lipinski definition) is 15. The molecule has 0 aliphatic rings. The fraction of sp³-hybridized carbons (Fsp3) is 0.945. The van der Waals surface area contributed by atoms with Gasteiger partial charge in [-0.2, -0.15) is 0 Å². The summed E-state index contributed by atoms with van der Waals surface area (Å²) in [5.74, 6) is -0.637. The molecule has 92 heavy (non-hydrogen) atoms. The van der Waals surface area contributed by atoms with Gasteiger partial charge >= 0.3 is 39.5 Å². The third kappa shape index (κ3) is 66.7. The summed E-state index contributed by atoms with van der Waals surface area (Å²) in [6, 6.07) is 0. The predicted molar refractivity (Wildman–Crippen MR) is 372 cm³/mol. The first-order valence-electron chi connectivity index (χ1n) is 38.0. The summed E-state index contributed by atoms with van der Waals surface area (Å²) in [5.41, 5.74) is 0. The number of unbranched alkanes of at least 4 members (excludes halogenated alkanes) is 42. The van der Waals surface area contributed by atoms with E-state index >= 15 is 0 Å². The first kappa shape index (κ1) is 90.1. The fourth-order valence-corrected chi connectivity index (χ4v) is 12.7. The average molecular weight is 1350 g/mol. The van der Waals surface area contributed by atoms with Gasteiger partial charge in [-0.3, -0.25) is 37.3 Å². The van der Waals surface area contributed by atoms with Gasteiger partial charge in [-0.05, 0) is 37.5 Å². The van der Waals surface area contributed by atoms with Crippen molar-refractivity contribution >= 4 is 39.5 Å². The Bertz CT molecular complexity index is 1790. The highest BCUT2D eigenvalue weighted by atomic mass is 31.2. The average Bonchev–Trinajstić information content (AvgIpc) is 2.40. The van der Waals surface area contributed by atoms with Gasteiger partial charge in [0.2, 0.25) is 0 Å². The number of aliphatic hydroxyl groups is 1. The maximum Gasteiger partial charge on any atom is 0.472 e. The molecular formula is C73H142O17P2. The molecule has 0 spiro atoms. The molecule has 0 aliphatic carbocycles. The molecule has 5 atom stereocenters. The van der Waals surface area contributed by atoms with Gasteiger partial charge in [0.25, 0.3) is 0 Å². The van der Waals surface area contributed by atoms with Crippen LogP contribution >= 0.6 is 15.6 Å². The molecule has 2 unspecified atom stereocenters. The van der Waals surface area contributed by atoms with E-state index in [0.29, 0.717) is 31.6 Å². The molecule has 19 heteroatoms. The van der Waals surface area contributed by atoms with Crippen molar-refractivity contribution in [2.75, 3.05) is 39.6 Å². The second-order valence-electron chi connectivity index (χ2n) is 27.3. The van der Waals surface area contributed by atoms with Crippen molar-refractivity contribution in [1.82, 2.24) is 0 Å². The SMILES string of the molecule is CCCCCCCCCCCCCCCCCC(=O)OC[C@H](COP(=O)(O)OC[C@@H](O)COP(=O)(O)OC[C@@H](COC(=O)CCCCCCCCCC(C)C)OC(=O)CCCCCCCCCCCCCC)OC(=O)CCCCCCCCCCCCCCC(C)C. The van der Waals surface area contributed by atoms with Gasteiger partial charge in [0.15, 0.2) is 12.2 Å². The van der Waals surface area contributed by atoms with Gasteiger partial charge in [-0.15, -0.1) is 0 Å².